The summed E-state index contributed by atoms with van der Waals surface area (Å²) in [6, 6.07) is 3.43. The van der Waals surface area contributed by atoms with Crippen molar-refractivity contribution in [1.82, 2.24) is 4.31 Å². The Bertz CT molecular complexity index is 762. The highest BCUT2D eigenvalue weighted by atomic mass is 32.2. The van der Waals surface area contributed by atoms with Gasteiger partial charge in [0.25, 0.3) is 0 Å². The normalized spacial score (nSPS) is 24.0. The first-order chi connectivity index (χ1) is 10.6. The zero-order valence-corrected chi connectivity index (χ0v) is 14.1. The lowest BCUT2D eigenvalue weighted by Gasteiger charge is -2.35. The summed E-state index contributed by atoms with van der Waals surface area (Å²) in [5.41, 5.74) is 0. The number of hydrogen-bond donors (Lipinski definition) is 0. The van der Waals surface area contributed by atoms with E-state index in [4.69, 9.17) is 4.74 Å². The Morgan fingerprint density at radius 1 is 1.09 bits per heavy atom. The first-order valence-corrected chi connectivity index (χ1v) is 9.81. The van der Waals surface area contributed by atoms with Crippen molar-refractivity contribution in [3.05, 3.63) is 24.3 Å². The van der Waals surface area contributed by atoms with Crippen LogP contribution in [0, 0.1) is 0 Å². The van der Waals surface area contributed by atoms with Crippen molar-refractivity contribution in [2.45, 2.75) is 41.5 Å². The molecule has 10 heteroatoms. The van der Waals surface area contributed by atoms with E-state index >= 15 is 0 Å². The molecular formula is C13H17F2NO5S2. The molecule has 0 unspecified atom stereocenters. The minimum Gasteiger partial charge on any atom is -0.375 e. The summed E-state index contributed by atoms with van der Waals surface area (Å²) in [6.45, 7) is 3.85. The van der Waals surface area contributed by atoms with Crippen molar-refractivity contribution >= 4 is 19.9 Å². The fraction of sp³-hybridized carbons (Fsp3) is 0.538. The molecule has 1 fully saturated rings. The van der Waals surface area contributed by atoms with Crippen LogP contribution in [-0.2, 0) is 24.6 Å². The molecule has 0 aromatic heterocycles. The Kier molecular flexibility index (Phi) is 5.09. The van der Waals surface area contributed by atoms with E-state index in [1.165, 1.54) is 4.31 Å². The Balaban J connectivity index is 2.35. The molecule has 130 valence electrons. The lowest BCUT2D eigenvalue weighted by Crippen LogP contribution is -2.50. The van der Waals surface area contributed by atoms with Gasteiger partial charge in [0.1, 0.15) is 0 Å². The van der Waals surface area contributed by atoms with E-state index in [0.29, 0.717) is 0 Å². The standard InChI is InChI=1S/C13H17F2NO5S2/c1-9-8-21-10(2)7-16(9)23(19,20)12-5-3-11(4-6-12)22(17,18)13(14)15/h3-6,9-10,13H,7-8H2,1-2H3/t9-,10+/m0/s1. The Morgan fingerprint density at radius 2 is 1.61 bits per heavy atom. The van der Waals surface area contributed by atoms with Gasteiger partial charge in [-0.3, -0.25) is 0 Å². The maximum atomic E-state index is 12.6. The molecule has 1 heterocycles. The third kappa shape index (κ3) is 3.54. The molecule has 0 radical (unpaired) electrons. The van der Waals surface area contributed by atoms with Crippen LogP contribution in [0.3, 0.4) is 0 Å². The maximum Gasteiger partial charge on any atom is 0.341 e. The number of alkyl halides is 2. The maximum absolute atomic E-state index is 12.6. The number of halogens is 2. The van der Waals surface area contributed by atoms with Gasteiger partial charge in [-0.2, -0.15) is 13.1 Å². The van der Waals surface area contributed by atoms with Crippen molar-refractivity contribution in [2.24, 2.45) is 0 Å². The van der Waals surface area contributed by atoms with Gasteiger partial charge < -0.3 is 4.74 Å². The number of sulfonamides is 1. The van der Waals surface area contributed by atoms with E-state index in [-0.39, 0.29) is 30.2 Å². The van der Waals surface area contributed by atoms with E-state index in [1.807, 2.05) is 0 Å². The van der Waals surface area contributed by atoms with Crippen molar-refractivity contribution in [3.8, 4) is 0 Å². The summed E-state index contributed by atoms with van der Waals surface area (Å²) in [5.74, 6) is -3.55. The molecule has 0 spiro atoms. The minimum absolute atomic E-state index is 0.147. The van der Waals surface area contributed by atoms with Crippen molar-refractivity contribution < 1.29 is 30.4 Å². The fourth-order valence-electron chi connectivity index (χ4n) is 2.25. The highest BCUT2D eigenvalue weighted by Crippen LogP contribution is 2.25. The lowest BCUT2D eigenvalue weighted by molar-refractivity contribution is -0.0170. The zero-order chi connectivity index (χ0) is 17.4. The van der Waals surface area contributed by atoms with Crippen LogP contribution in [0.4, 0.5) is 8.78 Å². The number of sulfone groups is 1. The van der Waals surface area contributed by atoms with Crippen LogP contribution in [0.1, 0.15) is 13.8 Å². The van der Waals surface area contributed by atoms with Crippen molar-refractivity contribution in [1.29, 1.82) is 0 Å². The van der Waals surface area contributed by atoms with Crippen LogP contribution in [0.2, 0.25) is 0 Å². The SMILES string of the molecule is C[C@@H]1CN(S(=O)(=O)c2ccc(S(=O)(=O)C(F)F)cc2)[C@@H](C)CO1. The molecule has 0 bridgehead atoms. The molecule has 23 heavy (non-hydrogen) atoms. The zero-order valence-electron chi connectivity index (χ0n) is 12.5. The summed E-state index contributed by atoms with van der Waals surface area (Å²) >= 11 is 0. The van der Waals surface area contributed by atoms with Crippen LogP contribution in [0.25, 0.3) is 0 Å². The summed E-state index contributed by atoms with van der Waals surface area (Å²) < 4.78 is 79.6. The van der Waals surface area contributed by atoms with Gasteiger partial charge in [-0.15, -0.1) is 0 Å². The molecular weight excluding hydrogens is 352 g/mol. The molecule has 2 atom stereocenters. The first kappa shape index (κ1) is 18.2. The molecule has 0 amide bonds. The van der Waals surface area contributed by atoms with Gasteiger partial charge in [0, 0.05) is 12.6 Å². The average Bonchev–Trinajstić information content (AvgIpc) is 2.49. The molecule has 1 saturated heterocycles. The lowest BCUT2D eigenvalue weighted by atomic mass is 10.2. The highest BCUT2D eigenvalue weighted by molar-refractivity contribution is 7.91. The molecule has 1 aliphatic heterocycles. The van der Waals surface area contributed by atoms with Gasteiger partial charge >= 0.3 is 5.76 Å². The van der Waals surface area contributed by atoms with E-state index < -0.39 is 30.5 Å². The van der Waals surface area contributed by atoms with Gasteiger partial charge in [-0.1, -0.05) is 0 Å². The number of hydrogen-bond acceptors (Lipinski definition) is 5. The molecule has 1 aromatic rings. The molecule has 2 rings (SSSR count). The minimum atomic E-state index is -4.75. The topological polar surface area (TPSA) is 80.8 Å². The number of morpholine rings is 1. The van der Waals surface area contributed by atoms with Crippen LogP contribution in [-0.4, -0.2) is 52.2 Å². The summed E-state index contributed by atoms with van der Waals surface area (Å²) in [7, 11) is -8.60. The third-order valence-corrected chi connectivity index (χ3v) is 6.94. The number of ether oxygens (including phenoxy) is 1. The second-order valence-corrected chi connectivity index (χ2v) is 9.15. The quantitative estimate of drug-likeness (QED) is 0.803. The van der Waals surface area contributed by atoms with Crippen LogP contribution in [0.15, 0.2) is 34.1 Å². The van der Waals surface area contributed by atoms with Gasteiger partial charge in [0.15, 0.2) is 0 Å². The number of rotatable bonds is 4. The first-order valence-electron chi connectivity index (χ1n) is 6.82. The Morgan fingerprint density at radius 3 is 2.13 bits per heavy atom. The molecule has 6 nitrogen and oxygen atoms in total. The van der Waals surface area contributed by atoms with E-state index in [2.05, 4.69) is 0 Å². The smallest absolute Gasteiger partial charge is 0.341 e. The monoisotopic (exact) mass is 369 g/mol. The summed E-state index contributed by atoms with van der Waals surface area (Å²) in [4.78, 5) is -0.762. The van der Waals surface area contributed by atoms with Gasteiger partial charge in [0.2, 0.25) is 19.9 Å². The highest BCUT2D eigenvalue weighted by Gasteiger charge is 2.34. The van der Waals surface area contributed by atoms with Gasteiger partial charge in [-0.05, 0) is 38.1 Å². The van der Waals surface area contributed by atoms with Crippen molar-refractivity contribution in [3.63, 3.8) is 0 Å². The van der Waals surface area contributed by atoms with Gasteiger partial charge in [0.05, 0.1) is 22.5 Å². The Hall–Kier alpha value is -1.10. The summed E-state index contributed by atoms with van der Waals surface area (Å²) in [5, 5.41) is 0. The molecule has 0 N–H and O–H groups in total. The van der Waals surface area contributed by atoms with Crippen LogP contribution in [0.5, 0.6) is 0 Å². The molecule has 0 aliphatic carbocycles. The van der Waals surface area contributed by atoms with E-state index in [1.54, 1.807) is 13.8 Å². The predicted molar refractivity (Wildman–Crippen MR) is 78.4 cm³/mol. The van der Waals surface area contributed by atoms with Gasteiger partial charge in [-0.25, -0.2) is 16.8 Å². The number of nitrogens with zero attached hydrogens (tertiary/aromatic N) is 1. The second-order valence-electron chi connectivity index (χ2n) is 5.34. The predicted octanol–water partition coefficient (Wildman–Crippen LogP) is 1.48. The average molecular weight is 369 g/mol. The second kappa shape index (κ2) is 6.42. The largest absolute Gasteiger partial charge is 0.375 e. The molecule has 1 aromatic carbocycles. The summed E-state index contributed by atoms with van der Waals surface area (Å²) in [6.07, 6.45) is -0.264. The van der Waals surface area contributed by atoms with Crippen LogP contribution >= 0.6 is 0 Å². The number of benzene rings is 1. The molecule has 0 saturated carbocycles. The fourth-order valence-corrected chi connectivity index (χ4v) is 4.66. The van der Waals surface area contributed by atoms with E-state index in [9.17, 15) is 25.6 Å². The van der Waals surface area contributed by atoms with E-state index in [0.717, 1.165) is 24.3 Å². The third-order valence-electron chi connectivity index (χ3n) is 3.54. The van der Waals surface area contributed by atoms with Crippen LogP contribution < -0.4 is 0 Å². The Labute approximate surface area is 134 Å². The van der Waals surface area contributed by atoms with Crippen molar-refractivity contribution in [2.75, 3.05) is 13.2 Å². The molecule has 1 aliphatic rings.